The molecule has 4 aromatic rings. The van der Waals surface area contributed by atoms with E-state index >= 15 is 0 Å². The van der Waals surface area contributed by atoms with Crippen molar-refractivity contribution in [3.63, 3.8) is 0 Å². The van der Waals surface area contributed by atoms with E-state index < -0.39 is 0 Å². The number of hydrogen-bond acceptors (Lipinski definition) is 6. The van der Waals surface area contributed by atoms with Gasteiger partial charge in [0, 0.05) is 48.5 Å². The number of nitrogens with two attached hydrogens (primary N) is 1. The molecule has 172 valence electrons. The highest BCUT2D eigenvalue weighted by Gasteiger charge is 2.15. The minimum atomic E-state index is 0.704. The van der Waals surface area contributed by atoms with Gasteiger partial charge in [0.1, 0.15) is 11.0 Å². The predicted molar refractivity (Wildman–Crippen MR) is 138 cm³/mol. The standard InChI is InChI=1S/C11H13N3O.C7H7N3.C4H8Br2O/c1-2-9-11(12-3-1)10(8-13-9)14-4-6-15-7-5-14;8-5-4-10-6-2-1-3-9-7(5)6;5-1-3-7-4-2-6/h1-3,8,13H,4-7H2;1-4,10H,8H2;1-4H2. The summed E-state index contributed by atoms with van der Waals surface area (Å²) in [5, 5.41) is 1.86. The first-order valence-corrected chi connectivity index (χ1v) is 12.6. The van der Waals surface area contributed by atoms with Crippen LogP contribution in [0.15, 0.2) is 49.1 Å². The Balaban J connectivity index is 0.000000148. The van der Waals surface area contributed by atoms with E-state index in [1.165, 1.54) is 5.69 Å². The molecular weight excluding hydrogens is 540 g/mol. The van der Waals surface area contributed by atoms with Crippen LogP contribution < -0.4 is 10.6 Å². The molecule has 0 radical (unpaired) electrons. The van der Waals surface area contributed by atoms with Crippen molar-refractivity contribution in [3.8, 4) is 0 Å². The highest BCUT2D eigenvalue weighted by molar-refractivity contribution is 9.09. The average Bonchev–Trinajstić information content (AvgIpc) is 3.45. The zero-order valence-corrected chi connectivity index (χ0v) is 20.9. The number of pyridine rings is 2. The monoisotopic (exact) mass is 566 g/mol. The quantitative estimate of drug-likeness (QED) is 0.245. The summed E-state index contributed by atoms with van der Waals surface area (Å²) in [6.45, 7) is 5.13. The lowest BCUT2D eigenvalue weighted by Crippen LogP contribution is -2.36. The maximum atomic E-state index is 5.58. The Kier molecular flexibility index (Phi) is 10.3. The Hall–Kier alpha value is -2.14. The minimum absolute atomic E-state index is 0.704. The first kappa shape index (κ1) is 24.5. The summed E-state index contributed by atoms with van der Waals surface area (Å²) in [6.07, 6.45) is 7.34. The summed E-state index contributed by atoms with van der Waals surface area (Å²) >= 11 is 6.48. The molecule has 4 aromatic heterocycles. The van der Waals surface area contributed by atoms with E-state index in [1.807, 2.05) is 36.7 Å². The fourth-order valence-corrected chi connectivity index (χ4v) is 3.63. The zero-order valence-electron chi connectivity index (χ0n) is 17.8. The third-order valence-corrected chi connectivity index (χ3v) is 5.32. The predicted octanol–water partition coefficient (Wildman–Crippen LogP) is 4.34. The fraction of sp³-hybridized carbons (Fsp3) is 0.364. The van der Waals surface area contributed by atoms with Gasteiger partial charge in [-0.1, -0.05) is 31.9 Å². The molecule has 4 N–H and O–H groups in total. The number of fused-ring (bicyclic) bond motifs is 2. The van der Waals surface area contributed by atoms with Crippen LogP contribution in [-0.4, -0.2) is 70.1 Å². The molecule has 1 aliphatic rings. The number of anilines is 2. The highest BCUT2D eigenvalue weighted by Crippen LogP contribution is 2.24. The smallest absolute Gasteiger partial charge is 0.111 e. The van der Waals surface area contributed by atoms with Crippen LogP contribution >= 0.6 is 31.9 Å². The number of aromatic nitrogens is 4. The number of alkyl halides is 2. The van der Waals surface area contributed by atoms with Crippen molar-refractivity contribution in [1.29, 1.82) is 0 Å². The summed E-state index contributed by atoms with van der Waals surface area (Å²) in [5.41, 5.74) is 11.5. The molecule has 10 heteroatoms. The molecule has 1 fully saturated rings. The number of nitrogen functional groups attached to an aromatic ring is 1. The Morgan fingerprint density at radius 1 is 0.938 bits per heavy atom. The number of nitrogens with one attached hydrogen (secondary N) is 2. The van der Waals surface area contributed by atoms with Crippen LogP contribution in [0.3, 0.4) is 0 Å². The van der Waals surface area contributed by atoms with Gasteiger partial charge in [0.15, 0.2) is 0 Å². The van der Waals surface area contributed by atoms with Gasteiger partial charge in [0.25, 0.3) is 0 Å². The molecule has 5 rings (SSSR count). The van der Waals surface area contributed by atoms with Crippen LogP contribution in [0.25, 0.3) is 22.1 Å². The van der Waals surface area contributed by atoms with E-state index in [2.05, 4.69) is 56.7 Å². The largest absolute Gasteiger partial charge is 0.396 e. The van der Waals surface area contributed by atoms with E-state index in [0.29, 0.717) is 5.69 Å². The summed E-state index contributed by atoms with van der Waals surface area (Å²) in [6, 6.07) is 7.81. The van der Waals surface area contributed by atoms with Gasteiger partial charge in [0.2, 0.25) is 0 Å². The second kappa shape index (κ2) is 13.4. The van der Waals surface area contributed by atoms with Crippen molar-refractivity contribution < 1.29 is 9.47 Å². The van der Waals surface area contributed by atoms with Crippen molar-refractivity contribution >= 4 is 65.3 Å². The number of halogens is 2. The lowest BCUT2D eigenvalue weighted by molar-refractivity contribution is 0.123. The molecule has 0 saturated carbocycles. The van der Waals surface area contributed by atoms with Crippen LogP contribution in [0.4, 0.5) is 11.4 Å². The average molecular weight is 568 g/mol. The van der Waals surface area contributed by atoms with Gasteiger partial charge in [-0.15, -0.1) is 0 Å². The third kappa shape index (κ3) is 6.93. The second-order valence-corrected chi connectivity index (χ2v) is 8.39. The van der Waals surface area contributed by atoms with Crippen LogP contribution in [0.1, 0.15) is 0 Å². The molecule has 0 spiro atoms. The Labute approximate surface area is 204 Å². The van der Waals surface area contributed by atoms with Crippen LogP contribution in [0.5, 0.6) is 0 Å². The molecule has 0 aromatic carbocycles. The molecule has 0 bridgehead atoms. The number of rotatable bonds is 5. The summed E-state index contributed by atoms with van der Waals surface area (Å²) in [5.74, 6) is 0. The number of aromatic amines is 2. The van der Waals surface area contributed by atoms with Gasteiger partial charge in [-0.3, -0.25) is 9.97 Å². The lowest BCUT2D eigenvalue weighted by atomic mass is 10.3. The Morgan fingerprint density at radius 2 is 1.53 bits per heavy atom. The number of nitrogens with zero attached hydrogens (tertiary/aromatic N) is 3. The number of hydrogen-bond donors (Lipinski definition) is 3. The van der Waals surface area contributed by atoms with Crippen LogP contribution in [-0.2, 0) is 9.47 Å². The van der Waals surface area contributed by atoms with E-state index in [-0.39, 0.29) is 0 Å². The van der Waals surface area contributed by atoms with Gasteiger partial charge in [-0.2, -0.15) is 0 Å². The summed E-state index contributed by atoms with van der Waals surface area (Å²) in [7, 11) is 0. The molecular formula is C22H28Br2N6O2. The number of ether oxygens (including phenoxy) is 2. The van der Waals surface area contributed by atoms with Crippen LogP contribution in [0, 0.1) is 0 Å². The van der Waals surface area contributed by atoms with Crippen LogP contribution in [0.2, 0.25) is 0 Å². The molecule has 0 unspecified atom stereocenters. The molecule has 32 heavy (non-hydrogen) atoms. The van der Waals surface area contributed by atoms with Gasteiger partial charge >= 0.3 is 0 Å². The number of morpholine rings is 1. The summed E-state index contributed by atoms with van der Waals surface area (Å²) in [4.78, 5) is 17.0. The van der Waals surface area contributed by atoms with Crippen molar-refractivity contribution in [2.75, 3.05) is 60.8 Å². The van der Waals surface area contributed by atoms with Gasteiger partial charge < -0.3 is 30.1 Å². The van der Waals surface area contributed by atoms with Crippen molar-refractivity contribution in [1.82, 2.24) is 19.9 Å². The highest BCUT2D eigenvalue weighted by atomic mass is 79.9. The summed E-state index contributed by atoms with van der Waals surface area (Å²) < 4.78 is 10.4. The van der Waals surface area contributed by atoms with E-state index in [4.69, 9.17) is 15.2 Å². The molecule has 0 aliphatic carbocycles. The molecule has 5 heterocycles. The fourth-order valence-electron chi connectivity index (χ4n) is 3.17. The maximum Gasteiger partial charge on any atom is 0.111 e. The van der Waals surface area contributed by atoms with E-state index in [9.17, 15) is 0 Å². The molecule has 8 nitrogen and oxygen atoms in total. The van der Waals surface area contributed by atoms with Crippen molar-refractivity contribution in [3.05, 3.63) is 49.1 Å². The third-order valence-electron chi connectivity index (χ3n) is 4.67. The Morgan fingerprint density at radius 3 is 2.16 bits per heavy atom. The lowest BCUT2D eigenvalue weighted by Gasteiger charge is -2.27. The molecule has 0 amide bonds. The van der Waals surface area contributed by atoms with Gasteiger partial charge in [-0.05, 0) is 24.3 Å². The minimum Gasteiger partial charge on any atom is -0.396 e. The van der Waals surface area contributed by atoms with E-state index in [1.54, 1.807) is 12.4 Å². The normalized spacial score (nSPS) is 13.4. The van der Waals surface area contributed by atoms with Gasteiger partial charge in [-0.25, -0.2) is 0 Å². The van der Waals surface area contributed by atoms with E-state index in [0.717, 1.165) is 72.2 Å². The SMILES string of the molecule is BrCCOCCBr.Nc1c[nH]c2cccnc12.c1cnc2c(N3CCOCC3)c[nH]c2c1. The van der Waals surface area contributed by atoms with Crippen molar-refractivity contribution in [2.45, 2.75) is 0 Å². The number of H-pyrrole nitrogens is 2. The molecule has 1 aliphatic heterocycles. The first-order valence-electron chi connectivity index (χ1n) is 10.4. The second-order valence-electron chi connectivity index (χ2n) is 6.81. The molecule has 0 atom stereocenters. The zero-order chi connectivity index (χ0) is 22.6. The topological polar surface area (TPSA) is 105 Å². The van der Waals surface area contributed by atoms with Gasteiger partial charge in [0.05, 0.1) is 48.8 Å². The first-order chi connectivity index (χ1) is 15.7. The maximum absolute atomic E-state index is 5.58. The molecule has 1 saturated heterocycles. The Bertz CT molecular complexity index is 1060. The van der Waals surface area contributed by atoms with Crippen molar-refractivity contribution in [2.24, 2.45) is 0 Å².